The normalized spacial score (nSPS) is 8.00. The van der Waals surface area contributed by atoms with Crippen LogP contribution in [0.25, 0.3) is 0 Å². The first-order valence-corrected chi connectivity index (χ1v) is 2.46. The van der Waals surface area contributed by atoms with Gasteiger partial charge < -0.3 is 5.11 Å². The van der Waals surface area contributed by atoms with Crippen LogP contribution in [0.3, 0.4) is 0 Å². The molecule has 0 unspecified atom stereocenters. The van der Waals surface area contributed by atoms with E-state index in [0.717, 1.165) is 0 Å². The molecule has 56 valence electrons. The van der Waals surface area contributed by atoms with Crippen LogP contribution in [0, 0.1) is 4.91 Å². The van der Waals surface area contributed by atoms with Crippen LogP contribution in [0.1, 0.15) is 0 Å². The summed E-state index contributed by atoms with van der Waals surface area (Å²) in [5.41, 5.74) is 0.0810. The minimum absolute atomic E-state index is 0. The molecule has 0 aliphatic rings. The molecule has 0 fully saturated rings. The van der Waals surface area contributed by atoms with Gasteiger partial charge in [-0.05, 0) is 17.3 Å². The van der Waals surface area contributed by atoms with Crippen molar-refractivity contribution in [3.05, 3.63) is 29.2 Å². The van der Waals surface area contributed by atoms with Gasteiger partial charge >= 0.3 is 17.1 Å². The summed E-state index contributed by atoms with van der Waals surface area (Å²) < 4.78 is 0. The van der Waals surface area contributed by atoms with Crippen molar-refractivity contribution >= 4 is 5.69 Å². The molecule has 0 heterocycles. The van der Waals surface area contributed by atoms with E-state index in [9.17, 15) is 4.91 Å². The average molecular weight is 187 g/mol. The minimum atomic E-state index is -0.0764. The van der Waals surface area contributed by atoms with Crippen LogP contribution < -0.4 is 0 Å². The van der Waals surface area contributed by atoms with Crippen LogP contribution in [0.4, 0.5) is 5.69 Å². The Labute approximate surface area is 68.5 Å². The van der Waals surface area contributed by atoms with Gasteiger partial charge in [-0.1, -0.05) is 12.1 Å². The summed E-state index contributed by atoms with van der Waals surface area (Å²) in [5.74, 6) is -0.0764. The van der Waals surface area contributed by atoms with E-state index in [1.54, 1.807) is 12.1 Å². The summed E-state index contributed by atoms with van der Waals surface area (Å²) in [6.07, 6.45) is 0. The molecule has 0 aromatic heterocycles. The molecule has 10 heavy (non-hydrogen) atoms. The van der Waals surface area contributed by atoms with Crippen molar-refractivity contribution in [1.82, 2.24) is 0 Å². The van der Waals surface area contributed by atoms with Crippen molar-refractivity contribution in [2.75, 3.05) is 0 Å². The third-order valence-electron chi connectivity index (χ3n) is 0.980. The Hall–Kier alpha value is -0.861. The maximum Gasteiger partial charge on any atom is 1.00 e. The Morgan fingerprint density at radius 3 is 2.30 bits per heavy atom. The molecule has 0 saturated heterocycles. The molecule has 0 saturated carbocycles. The smallest absolute Gasteiger partial charge is 0.506 e. The van der Waals surface area contributed by atoms with Crippen molar-refractivity contribution in [2.45, 2.75) is 0 Å². The predicted octanol–water partition coefficient (Wildman–Crippen LogP) is 1.79. The van der Waals surface area contributed by atoms with E-state index in [0.29, 0.717) is 0 Å². The van der Waals surface area contributed by atoms with Crippen molar-refractivity contribution in [3.63, 3.8) is 0 Å². The Balaban J connectivity index is 0.000000810. The molecule has 0 aliphatic heterocycles. The summed E-state index contributed by atoms with van der Waals surface area (Å²) in [6, 6.07) is 6.12. The Morgan fingerprint density at radius 1 is 1.30 bits per heavy atom. The van der Waals surface area contributed by atoms with Gasteiger partial charge in [0.2, 0.25) is 0 Å². The molecule has 0 radical (unpaired) electrons. The first-order valence-electron chi connectivity index (χ1n) is 2.46. The number of phenolic OH excluding ortho intramolecular Hbond substituents is 1. The molecule has 0 spiro atoms. The Bertz CT molecular complexity index is 227. The third-order valence-corrected chi connectivity index (χ3v) is 0.980. The SMILES string of the molecule is O=Nc1ccccc1O.[Cu+]. The van der Waals surface area contributed by atoms with Gasteiger partial charge in [0, 0.05) is 0 Å². The number of benzene rings is 1. The van der Waals surface area contributed by atoms with Crippen molar-refractivity contribution < 1.29 is 22.2 Å². The van der Waals surface area contributed by atoms with E-state index in [1.807, 2.05) is 0 Å². The second kappa shape index (κ2) is 4.04. The van der Waals surface area contributed by atoms with Crippen LogP contribution in [-0.2, 0) is 17.1 Å². The van der Waals surface area contributed by atoms with E-state index < -0.39 is 0 Å². The number of nitrogens with zero attached hydrogens (tertiary/aromatic N) is 1. The monoisotopic (exact) mass is 186 g/mol. The second-order valence-corrected chi connectivity index (χ2v) is 1.58. The number of rotatable bonds is 1. The number of aromatic hydroxyl groups is 1. The van der Waals surface area contributed by atoms with E-state index in [2.05, 4.69) is 5.18 Å². The number of hydrogen-bond acceptors (Lipinski definition) is 3. The molecule has 0 atom stereocenters. The van der Waals surface area contributed by atoms with Gasteiger partial charge in [-0.15, -0.1) is 4.91 Å². The van der Waals surface area contributed by atoms with Gasteiger partial charge in [0.15, 0.2) is 0 Å². The quantitative estimate of drug-likeness (QED) is 0.537. The molecule has 1 rings (SSSR count). The second-order valence-electron chi connectivity index (χ2n) is 1.58. The first kappa shape index (κ1) is 9.14. The molecular weight excluding hydrogens is 182 g/mol. The zero-order chi connectivity index (χ0) is 6.69. The Kier molecular flexibility index (Phi) is 3.69. The molecular formula is C6H5CuNO2+. The molecule has 1 aromatic carbocycles. The fraction of sp³-hybridized carbons (Fsp3) is 0. The van der Waals surface area contributed by atoms with Gasteiger partial charge in [-0.2, -0.15) is 0 Å². The Morgan fingerprint density at radius 2 is 1.90 bits per heavy atom. The largest absolute Gasteiger partial charge is 1.00 e. The number of para-hydroxylation sites is 1. The topological polar surface area (TPSA) is 49.7 Å². The van der Waals surface area contributed by atoms with Crippen LogP contribution >= 0.6 is 0 Å². The van der Waals surface area contributed by atoms with Crippen LogP contribution in [0.5, 0.6) is 5.75 Å². The van der Waals surface area contributed by atoms with Gasteiger partial charge in [-0.3, -0.25) is 0 Å². The van der Waals surface area contributed by atoms with Gasteiger partial charge in [-0.25, -0.2) is 0 Å². The van der Waals surface area contributed by atoms with Crippen LogP contribution in [-0.4, -0.2) is 5.11 Å². The zero-order valence-corrected chi connectivity index (χ0v) is 5.86. The third kappa shape index (κ3) is 1.83. The van der Waals surface area contributed by atoms with Crippen LogP contribution in [0.2, 0.25) is 0 Å². The maximum atomic E-state index is 9.82. The molecule has 0 aliphatic carbocycles. The van der Waals surface area contributed by atoms with Crippen LogP contribution in [0.15, 0.2) is 29.4 Å². The number of hydrogen-bond donors (Lipinski definition) is 1. The maximum absolute atomic E-state index is 9.82. The van der Waals surface area contributed by atoms with Gasteiger partial charge in [0.25, 0.3) is 0 Å². The molecule has 0 bridgehead atoms. The summed E-state index contributed by atoms with van der Waals surface area (Å²) >= 11 is 0. The minimum Gasteiger partial charge on any atom is -0.506 e. The molecule has 1 aromatic rings. The van der Waals surface area contributed by atoms with Gasteiger partial charge in [0.05, 0.1) is 0 Å². The molecule has 0 amide bonds. The van der Waals surface area contributed by atoms with Crippen molar-refractivity contribution in [3.8, 4) is 5.75 Å². The summed E-state index contributed by atoms with van der Waals surface area (Å²) in [7, 11) is 0. The average Bonchev–Trinajstić information content (AvgIpc) is 1.89. The molecule has 4 heteroatoms. The zero-order valence-electron chi connectivity index (χ0n) is 4.91. The fourth-order valence-corrected chi connectivity index (χ4v) is 0.541. The number of nitroso groups, excluding NO2 is 1. The summed E-state index contributed by atoms with van der Waals surface area (Å²) in [5, 5.41) is 11.4. The molecule has 3 nitrogen and oxygen atoms in total. The summed E-state index contributed by atoms with van der Waals surface area (Å²) in [4.78, 5) is 9.82. The molecule has 1 N–H and O–H groups in total. The van der Waals surface area contributed by atoms with E-state index in [-0.39, 0.29) is 28.5 Å². The van der Waals surface area contributed by atoms with E-state index in [1.165, 1.54) is 12.1 Å². The number of phenols is 1. The van der Waals surface area contributed by atoms with E-state index in [4.69, 9.17) is 5.11 Å². The van der Waals surface area contributed by atoms with Gasteiger partial charge in [0.1, 0.15) is 11.4 Å². The van der Waals surface area contributed by atoms with Crippen molar-refractivity contribution in [1.29, 1.82) is 0 Å². The van der Waals surface area contributed by atoms with Crippen molar-refractivity contribution in [2.24, 2.45) is 5.18 Å². The standard InChI is InChI=1S/C6H5NO2.Cu/c8-6-4-2-1-3-5(6)7-9;/h1-4,8H;/q;+1. The van der Waals surface area contributed by atoms with E-state index >= 15 is 0 Å². The first-order chi connectivity index (χ1) is 4.34. The summed E-state index contributed by atoms with van der Waals surface area (Å²) in [6.45, 7) is 0. The fourth-order valence-electron chi connectivity index (χ4n) is 0.541. The predicted molar refractivity (Wildman–Crippen MR) is 33.6 cm³/mol.